The van der Waals surface area contributed by atoms with Gasteiger partial charge in [0.2, 0.25) is 10.0 Å². The van der Waals surface area contributed by atoms with Crippen molar-refractivity contribution in [2.45, 2.75) is 10.9 Å². The first kappa shape index (κ1) is 14.3. The van der Waals surface area contributed by atoms with Crippen molar-refractivity contribution in [3.63, 3.8) is 0 Å². The van der Waals surface area contributed by atoms with Crippen molar-refractivity contribution in [3.8, 4) is 0 Å². The van der Waals surface area contributed by atoms with Crippen LogP contribution in [0.15, 0.2) is 53.4 Å². The molecule has 0 spiro atoms. The van der Waals surface area contributed by atoms with Gasteiger partial charge in [-0.25, -0.2) is 8.42 Å². The third-order valence-corrected chi connectivity index (χ3v) is 5.03. The third kappa shape index (κ3) is 3.33. The van der Waals surface area contributed by atoms with Crippen molar-refractivity contribution < 1.29 is 8.42 Å². The van der Waals surface area contributed by atoms with Gasteiger partial charge in [0.15, 0.2) is 0 Å². The van der Waals surface area contributed by atoms with Crippen molar-refractivity contribution in [1.29, 1.82) is 0 Å². The molecule has 0 bridgehead atoms. The molecule has 2 aromatic carbocycles. The Morgan fingerprint density at radius 2 is 1.71 bits per heavy atom. The first-order valence-electron chi connectivity index (χ1n) is 6.58. The molecule has 4 nitrogen and oxygen atoms in total. The summed E-state index contributed by atoms with van der Waals surface area (Å²) in [4.78, 5) is 1.28. The zero-order chi connectivity index (χ0) is 14.9. The topological polar surface area (TPSA) is 58.2 Å². The Hall–Kier alpha value is -1.66. The van der Waals surface area contributed by atoms with E-state index in [9.17, 15) is 8.42 Å². The number of hydrogen-bond acceptors (Lipinski definition) is 4. The largest absolute Gasteiger partial charge is 0.376 e. The Morgan fingerprint density at radius 1 is 1.05 bits per heavy atom. The van der Waals surface area contributed by atoms with Crippen molar-refractivity contribution in [2.24, 2.45) is 0 Å². The van der Waals surface area contributed by atoms with Crippen LogP contribution >= 0.6 is 11.8 Å². The van der Waals surface area contributed by atoms with E-state index in [2.05, 4.69) is 22.2 Å². The maximum atomic E-state index is 11.4. The molecule has 6 heteroatoms. The van der Waals surface area contributed by atoms with Gasteiger partial charge in [-0.05, 0) is 23.8 Å². The minimum absolute atomic E-state index is 0.189. The number of benzene rings is 2. The van der Waals surface area contributed by atoms with Crippen LogP contribution in [0.2, 0.25) is 0 Å². The molecule has 2 aromatic rings. The number of hydrogen-bond donors (Lipinski definition) is 2. The zero-order valence-corrected chi connectivity index (χ0v) is 13.2. The Labute approximate surface area is 129 Å². The Kier molecular flexibility index (Phi) is 3.82. The molecule has 1 aliphatic heterocycles. The summed E-state index contributed by atoms with van der Waals surface area (Å²) in [5.74, 6) is 0.937. The number of sulfonamides is 1. The summed E-state index contributed by atoms with van der Waals surface area (Å²) in [6.45, 7) is 0. The fourth-order valence-corrected chi connectivity index (χ4v) is 4.11. The van der Waals surface area contributed by atoms with Gasteiger partial charge < -0.3 is 5.32 Å². The lowest BCUT2D eigenvalue weighted by Gasteiger charge is -2.18. The summed E-state index contributed by atoms with van der Waals surface area (Å²) in [5.41, 5.74) is 2.64. The van der Waals surface area contributed by atoms with E-state index in [0.29, 0.717) is 5.69 Å². The standard InChI is InChI=1S/C15H16N2O2S2/c1-21(18,19)17-13-8-4-3-7-12(13)16-14-10-20-15-9-5-2-6-11(14)15/h2-9,14,16-17H,10H2,1H3. The van der Waals surface area contributed by atoms with Gasteiger partial charge in [-0.1, -0.05) is 30.3 Å². The van der Waals surface area contributed by atoms with Gasteiger partial charge in [-0.3, -0.25) is 4.72 Å². The number of nitrogens with one attached hydrogen (secondary N) is 2. The predicted molar refractivity (Wildman–Crippen MR) is 88.4 cm³/mol. The smallest absolute Gasteiger partial charge is 0.229 e. The minimum Gasteiger partial charge on any atom is -0.376 e. The predicted octanol–water partition coefficient (Wildman–Crippen LogP) is 3.32. The summed E-state index contributed by atoms with van der Waals surface area (Å²) in [5, 5.41) is 3.44. The minimum atomic E-state index is -3.29. The summed E-state index contributed by atoms with van der Waals surface area (Å²) < 4.78 is 25.4. The third-order valence-electron chi connectivity index (χ3n) is 3.25. The van der Waals surface area contributed by atoms with Crippen LogP contribution < -0.4 is 10.0 Å². The normalized spacial score (nSPS) is 17.3. The Balaban J connectivity index is 1.87. The van der Waals surface area contributed by atoms with Gasteiger partial charge in [-0.2, -0.15) is 0 Å². The van der Waals surface area contributed by atoms with E-state index < -0.39 is 10.0 Å². The SMILES string of the molecule is CS(=O)(=O)Nc1ccccc1NC1CSc2ccccc21. The van der Waals surface area contributed by atoms with Crippen molar-refractivity contribution in [2.75, 3.05) is 22.0 Å². The summed E-state index contributed by atoms with van der Waals surface area (Å²) in [6, 6.07) is 15.8. The fraction of sp³-hybridized carbons (Fsp3) is 0.200. The molecule has 110 valence electrons. The first-order valence-corrected chi connectivity index (χ1v) is 9.46. The number of para-hydroxylation sites is 2. The second-order valence-corrected chi connectivity index (χ2v) is 7.78. The molecule has 2 N–H and O–H groups in total. The van der Waals surface area contributed by atoms with Crippen molar-refractivity contribution in [3.05, 3.63) is 54.1 Å². The molecule has 1 aliphatic rings. The first-order chi connectivity index (χ1) is 10.0. The van der Waals surface area contributed by atoms with Crippen LogP contribution in [0.4, 0.5) is 11.4 Å². The number of fused-ring (bicyclic) bond motifs is 1. The quantitative estimate of drug-likeness (QED) is 0.907. The molecule has 21 heavy (non-hydrogen) atoms. The van der Waals surface area contributed by atoms with E-state index in [1.807, 2.05) is 42.1 Å². The maximum Gasteiger partial charge on any atom is 0.229 e. The molecule has 0 radical (unpaired) electrons. The zero-order valence-electron chi connectivity index (χ0n) is 11.5. The fourth-order valence-electron chi connectivity index (χ4n) is 2.37. The van der Waals surface area contributed by atoms with Crippen LogP contribution in [-0.2, 0) is 10.0 Å². The average Bonchev–Trinajstić information content (AvgIpc) is 2.83. The van der Waals surface area contributed by atoms with Crippen LogP contribution in [-0.4, -0.2) is 20.4 Å². The average molecular weight is 320 g/mol. The molecular weight excluding hydrogens is 304 g/mol. The molecule has 3 rings (SSSR count). The molecule has 0 saturated carbocycles. The van der Waals surface area contributed by atoms with Crippen LogP contribution in [0.3, 0.4) is 0 Å². The molecular formula is C15H16N2O2S2. The lowest BCUT2D eigenvalue weighted by molar-refractivity contribution is 0.607. The van der Waals surface area contributed by atoms with Crippen molar-refractivity contribution in [1.82, 2.24) is 0 Å². The van der Waals surface area contributed by atoms with Crippen molar-refractivity contribution >= 4 is 33.2 Å². The second-order valence-electron chi connectivity index (χ2n) is 4.97. The van der Waals surface area contributed by atoms with Crippen LogP contribution in [0.5, 0.6) is 0 Å². The van der Waals surface area contributed by atoms with E-state index in [4.69, 9.17) is 0 Å². The summed E-state index contributed by atoms with van der Waals surface area (Å²) in [6.07, 6.45) is 1.16. The molecule has 0 aromatic heterocycles. The molecule has 0 saturated heterocycles. The van der Waals surface area contributed by atoms with Gasteiger partial charge in [0.25, 0.3) is 0 Å². The lowest BCUT2D eigenvalue weighted by atomic mass is 10.1. The van der Waals surface area contributed by atoms with E-state index >= 15 is 0 Å². The van der Waals surface area contributed by atoms with E-state index in [1.54, 1.807) is 6.07 Å². The lowest BCUT2D eigenvalue weighted by Crippen LogP contribution is -2.14. The van der Waals surface area contributed by atoms with Crippen LogP contribution in [0.1, 0.15) is 11.6 Å². The van der Waals surface area contributed by atoms with Gasteiger partial charge in [-0.15, -0.1) is 11.8 Å². The molecule has 0 aliphatic carbocycles. The Morgan fingerprint density at radius 3 is 2.48 bits per heavy atom. The Bertz CT molecular complexity index is 760. The highest BCUT2D eigenvalue weighted by Gasteiger charge is 2.23. The summed E-state index contributed by atoms with van der Waals surface area (Å²) in [7, 11) is -3.29. The maximum absolute atomic E-state index is 11.4. The summed E-state index contributed by atoms with van der Waals surface area (Å²) >= 11 is 1.81. The number of thioether (sulfide) groups is 1. The highest BCUT2D eigenvalue weighted by atomic mass is 32.2. The molecule has 0 fully saturated rings. The highest BCUT2D eigenvalue weighted by Crippen LogP contribution is 2.40. The molecule has 1 atom stereocenters. The molecule has 1 heterocycles. The number of rotatable bonds is 4. The second kappa shape index (κ2) is 5.61. The monoisotopic (exact) mass is 320 g/mol. The van der Waals surface area contributed by atoms with Gasteiger partial charge in [0.1, 0.15) is 0 Å². The van der Waals surface area contributed by atoms with E-state index in [1.165, 1.54) is 10.5 Å². The number of anilines is 2. The van der Waals surface area contributed by atoms with Gasteiger partial charge in [0, 0.05) is 10.6 Å². The van der Waals surface area contributed by atoms with E-state index in [0.717, 1.165) is 17.7 Å². The van der Waals surface area contributed by atoms with E-state index in [-0.39, 0.29) is 6.04 Å². The van der Waals surface area contributed by atoms with Crippen LogP contribution in [0, 0.1) is 0 Å². The highest BCUT2D eigenvalue weighted by molar-refractivity contribution is 7.99. The molecule has 0 amide bonds. The van der Waals surface area contributed by atoms with Gasteiger partial charge in [0.05, 0.1) is 23.7 Å². The molecule has 1 unspecified atom stereocenters. The van der Waals surface area contributed by atoms with Gasteiger partial charge >= 0.3 is 0 Å². The van der Waals surface area contributed by atoms with Crippen LogP contribution in [0.25, 0.3) is 0 Å².